The van der Waals surface area contributed by atoms with Crippen molar-refractivity contribution in [2.24, 2.45) is 0 Å². The molecule has 0 amide bonds. The number of alkyl halides is 3. The van der Waals surface area contributed by atoms with Crippen molar-refractivity contribution in [2.45, 2.75) is 11.9 Å². The van der Waals surface area contributed by atoms with Crippen molar-refractivity contribution in [3.8, 4) is 0 Å². The van der Waals surface area contributed by atoms with E-state index in [4.69, 9.17) is 0 Å². The van der Waals surface area contributed by atoms with Gasteiger partial charge < -0.3 is 0 Å². The summed E-state index contributed by atoms with van der Waals surface area (Å²) in [6.07, 6.45) is -4.32. The molecule has 15 heavy (non-hydrogen) atoms. The average Bonchev–Trinajstić information content (AvgIpc) is 2.17. The first kappa shape index (κ1) is 12.0. The fourth-order valence-electron chi connectivity index (χ4n) is 1.01. The first-order valence-electron chi connectivity index (χ1n) is 4.09. The molecular formula is C10H9F3OS. The maximum Gasteiger partial charge on any atom is 0.416 e. The van der Waals surface area contributed by atoms with Crippen LogP contribution in [-0.4, -0.2) is 4.21 Å². The molecule has 0 saturated heterocycles. The molecule has 82 valence electrons. The highest BCUT2D eigenvalue weighted by Crippen LogP contribution is 2.29. The summed E-state index contributed by atoms with van der Waals surface area (Å²) in [5.41, 5.74) is -0.100. The van der Waals surface area contributed by atoms with E-state index in [1.807, 2.05) is 0 Å². The lowest BCUT2D eigenvalue weighted by Gasteiger charge is -2.06. The van der Waals surface area contributed by atoms with Gasteiger partial charge in [0.2, 0.25) is 0 Å². The van der Waals surface area contributed by atoms with Gasteiger partial charge in [-0.25, -0.2) is 0 Å². The smallest absolute Gasteiger partial charge is 0.255 e. The molecule has 0 saturated carbocycles. The Morgan fingerprint density at radius 3 is 2.20 bits per heavy atom. The molecule has 5 heteroatoms. The summed E-state index contributed by atoms with van der Waals surface area (Å²) < 4.78 is 47.6. The minimum atomic E-state index is -4.32. The second-order valence-corrected chi connectivity index (χ2v) is 4.27. The van der Waals surface area contributed by atoms with Crippen molar-refractivity contribution in [2.75, 3.05) is 0 Å². The summed E-state index contributed by atoms with van der Waals surface area (Å²) in [7, 11) is -1.22. The van der Waals surface area contributed by atoms with Crippen LogP contribution in [0.5, 0.6) is 0 Å². The normalized spacial score (nSPS) is 13.5. The fraction of sp³-hybridized carbons (Fsp3) is 0.200. The molecule has 1 unspecified atom stereocenters. The van der Waals surface area contributed by atoms with E-state index in [1.165, 1.54) is 17.5 Å². The maximum atomic E-state index is 12.2. The van der Waals surface area contributed by atoms with Gasteiger partial charge >= 0.3 is 6.18 Å². The number of benzene rings is 1. The van der Waals surface area contributed by atoms with E-state index in [2.05, 4.69) is 6.58 Å². The van der Waals surface area contributed by atoms with Crippen LogP contribution >= 0.6 is 0 Å². The van der Waals surface area contributed by atoms with E-state index in [9.17, 15) is 17.4 Å². The third-order valence-electron chi connectivity index (χ3n) is 1.78. The van der Waals surface area contributed by atoms with Crippen molar-refractivity contribution in [3.05, 3.63) is 47.4 Å². The highest BCUT2D eigenvalue weighted by molar-refractivity contribution is 7.87. The first-order chi connectivity index (χ1) is 6.93. The maximum absolute atomic E-state index is 12.2. The van der Waals surface area contributed by atoms with Crippen LogP contribution in [0.2, 0.25) is 0 Å². The Kier molecular flexibility index (Phi) is 3.68. The van der Waals surface area contributed by atoms with Crippen LogP contribution < -0.4 is 0 Å². The monoisotopic (exact) mass is 234 g/mol. The van der Waals surface area contributed by atoms with Crippen LogP contribution in [0.1, 0.15) is 11.1 Å². The lowest BCUT2D eigenvalue weighted by Crippen LogP contribution is -2.04. The zero-order valence-electron chi connectivity index (χ0n) is 7.75. The topological polar surface area (TPSA) is 17.1 Å². The SMILES string of the molecule is C=CS(=O)Cc1ccc(C(F)(F)F)cc1. The zero-order valence-corrected chi connectivity index (χ0v) is 8.57. The molecule has 0 spiro atoms. The van der Waals surface area contributed by atoms with Gasteiger partial charge in [-0.15, -0.1) is 0 Å². The van der Waals surface area contributed by atoms with Crippen LogP contribution in [0.4, 0.5) is 13.2 Å². The van der Waals surface area contributed by atoms with Crippen molar-refractivity contribution in [1.82, 2.24) is 0 Å². The van der Waals surface area contributed by atoms with Crippen molar-refractivity contribution < 1.29 is 17.4 Å². The molecule has 1 nitrogen and oxygen atoms in total. The lowest BCUT2D eigenvalue weighted by atomic mass is 10.1. The molecule has 0 fully saturated rings. The van der Waals surface area contributed by atoms with Gasteiger partial charge in [-0.1, -0.05) is 18.7 Å². The van der Waals surface area contributed by atoms with Gasteiger partial charge in [0.15, 0.2) is 0 Å². The number of rotatable bonds is 3. The third-order valence-corrected chi connectivity index (χ3v) is 2.77. The molecule has 0 bridgehead atoms. The molecule has 1 aromatic rings. The number of halogens is 3. The second kappa shape index (κ2) is 4.61. The minimum absolute atomic E-state index is 0.196. The third kappa shape index (κ3) is 3.51. The molecule has 1 aromatic carbocycles. The lowest BCUT2D eigenvalue weighted by molar-refractivity contribution is -0.137. The quantitative estimate of drug-likeness (QED) is 0.785. The Balaban J connectivity index is 2.81. The summed E-state index contributed by atoms with van der Waals surface area (Å²) in [5.74, 6) is 0.196. The largest absolute Gasteiger partial charge is 0.416 e. The van der Waals surface area contributed by atoms with Crippen LogP contribution in [0, 0.1) is 0 Å². The molecule has 0 N–H and O–H groups in total. The number of hydrogen-bond donors (Lipinski definition) is 0. The van der Waals surface area contributed by atoms with Crippen LogP contribution in [-0.2, 0) is 22.7 Å². The molecule has 0 aliphatic carbocycles. The Morgan fingerprint density at radius 1 is 1.27 bits per heavy atom. The van der Waals surface area contributed by atoms with E-state index in [-0.39, 0.29) is 5.75 Å². The molecule has 0 radical (unpaired) electrons. The summed E-state index contributed by atoms with van der Waals surface area (Å²) in [6.45, 7) is 3.33. The van der Waals surface area contributed by atoms with Gasteiger partial charge in [0.1, 0.15) is 0 Å². The summed E-state index contributed by atoms with van der Waals surface area (Å²) in [6, 6.07) is 4.61. The molecule has 1 atom stereocenters. The van der Waals surface area contributed by atoms with Crippen LogP contribution in [0.15, 0.2) is 36.3 Å². The molecular weight excluding hydrogens is 225 g/mol. The molecule has 1 rings (SSSR count). The van der Waals surface area contributed by atoms with Crippen molar-refractivity contribution in [1.29, 1.82) is 0 Å². The minimum Gasteiger partial charge on any atom is -0.255 e. The van der Waals surface area contributed by atoms with E-state index >= 15 is 0 Å². The van der Waals surface area contributed by atoms with Gasteiger partial charge in [-0.3, -0.25) is 4.21 Å². The fourth-order valence-corrected chi connectivity index (χ4v) is 1.65. The van der Waals surface area contributed by atoms with Gasteiger partial charge in [-0.05, 0) is 23.1 Å². The molecule has 0 aromatic heterocycles. The van der Waals surface area contributed by atoms with Gasteiger partial charge in [-0.2, -0.15) is 13.2 Å². The van der Waals surface area contributed by atoms with E-state index in [0.29, 0.717) is 5.56 Å². The van der Waals surface area contributed by atoms with Crippen LogP contribution in [0.3, 0.4) is 0 Å². The van der Waals surface area contributed by atoms with Gasteiger partial charge in [0.05, 0.1) is 11.3 Å². The Bertz CT molecular complexity index is 367. The average molecular weight is 234 g/mol. The first-order valence-corrected chi connectivity index (χ1v) is 5.47. The van der Waals surface area contributed by atoms with E-state index < -0.39 is 22.5 Å². The Labute approximate surface area is 88.1 Å². The molecule has 0 heterocycles. The van der Waals surface area contributed by atoms with E-state index in [1.54, 1.807) is 0 Å². The Hall–Kier alpha value is -1.10. The van der Waals surface area contributed by atoms with Gasteiger partial charge in [0.25, 0.3) is 0 Å². The predicted octanol–water partition coefficient (Wildman–Crippen LogP) is 3.10. The van der Waals surface area contributed by atoms with Crippen LogP contribution in [0.25, 0.3) is 0 Å². The van der Waals surface area contributed by atoms with E-state index in [0.717, 1.165) is 12.1 Å². The summed E-state index contributed by atoms with van der Waals surface area (Å²) in [5, 5.41) is 1.26. The zero-order chi connectivity index (χ0) is 11.5. The van der Waals surface area contributed by atoms with Crippen molar-refractivity contribution in [3.63, 3.8) is 0 Å². The molecule has 0 aliphatic heterocycles. The predicted molar refractivity (Wildman–Crippen MR) is 53.5 cm³/mol. The van der Waals surface area contributed by atoms with Crippen molar-refractivity contribution >= 4 is 10.8 Å². The number of hydrogen-bond acceptors (Lipinski definition) is 1. The highest BCUT2D eigenvalue weighted by Gasteiger charge is 2.29. The summed E-state index contributed by atoms with van der Waals surface area (Å²) in [4.78, 5) is 0. The molecule has 0 aliphatic rings. The standard InChI is InChI=1S/C10H9F3OS/c1-2-15(14)7-8-3-5-9(6-4-8)10(11,12)13/h2-6H,1,7H2. The van der Waals surface area contributed by atoms with Gasteiger partial charge in [0, 0.05) is 10.8 Å². The Morgan fingerprint density at radius 2 is 1.80 bits per heavy atom. The highest BCUT2D eigenvalue weighted by atomic mass is 32.2. The second-order valence-electron chi connectivity index (χ2n) is 2.89. The summed E-state index contributed by atoms with van der Waals surface area (Å²) >= 11 is 0.